The van der Waals surface area contributed by atoms with E-state index in [2.05, 4.69) is 5.09 Å². The first-order valence-electron chi connectivity index (χ1n) is 6.51. The summed E-state index contributed by atoms with van der Waals surface area (Å²) >= 11 is 0. The number of hydrogen-bond donors (Lipinski definition) is 1. The summed E-state index contributed by atoms with van der Waals surface area (Å²) in [5, 5.41) is 3.71. The van der Waals surface area contributed by atoms with Crippen LogP contribution in [0, 0.1) is 0 Å². The van der Waals surface area contributed by atoms with Crippen molar-refractivity contribution in [3.05, 3.63) is 30.3 Å². The maximum atomic E-state index is 13.1. The van der Waals surface area contributed by atoms with Crippen molar-refractivity contribution in [2.24, 2.45) is 0 Å². The lowest BCUT2D eigenvalue weighted by Crippen LogP contribution is -2.38. The third kappa shape index (κ3) is 3.92. The molecule has 0 saturated heterocycles. The van der Waals surface area contributed by atoms with E-state index in [0.29, 0.717) is 6.61 Å². The number of hydrogen-bond acceptors (Lipinski definition) is 3. The Morgan fingerprint density at radius 1 is 1.26 bits per heavy atom. The van der Waals surface area contributed by atoms with E-state index in [1.54, 1.807) is 13.8 Å². The zero-order valence-electron chi connectivity index (χ0n) is 11.9. The summed E-state index contributed by atoms with van der Waals surface area (Å²) in [5.74, 6) is -0.376. The average Bonchev–Trinajstić information content (AvgIpc) is 2.39. The van der Waals surface area contributed by atoms with Crippen molar-refractivity contribution in [1.29, 1.82) is 0 Å². The van der Waals surface area contributed by atoms with E-state index in [1.165, 1.54) is 0 Å². The summed E-state index contributed by atoms with van der Waals surface area (Å²) in [6.07, 6.45) is 0. The predicted molar refractivity (Wildman–Crippen MR) is 78.0 cm³/mol. The van der Waals surface area contributed by atoms with E-state index in [1.807, 2.05) is 44.2 Å². The van der Waals surface area contributed by atoms with Crippen LogP contribution in [0.2, 0.25) is 0 Å². The molecule has 1 unspecified atom stereocenters. The van der Waals surface area contributed by atoms with Gasteiger partial charge < -0.3 is 9.30 Å². The Morgan fingerprint density at radius 2 is 1.84 bits per heavy atom. The van der Waals surface area contributed by atoms with Crippen molar-refractivity contribution in [1.82, 2.24) is 5.09 Å². The number of benzene rings is 1. The van der Waals surface area contributed by atoms with Gasteiger partial charge in [-0.05, 0) is 13.8 Å². The summed E-state index contributed by atoms with van der Waals surface area (Å²) in [5.41, 5.74) is -0.0909. The SMILES string of the molecule is CCOC(=O)[C@H](C)NP(=O)(c1ccccc1)C(C)C. The lowest BCUT2D eigenvalue weighted by molar-refractivity contribution is -0.144. The van der Waals surface area contributed by atoms with E-state index in [0.717, 1.165) is 5.30 Å². The highest BCUT2D eigenvalue weighted by atomic mass is 31.2. The molecule has 1 aromatic rings. The van der Waals surface area contributed by atoms with Crippen LogP contribution in [0.3, 0.4) is 0 Å². The van der Waals surface area contributed by atoms with Gasteiger partial charge in [0.2, 0.25) is 0 Å². The molecule has 1 N–H and O–H groups in total. The lowest BCUT2D eigenvalue weighted by atomic mass is 10.4. The number of ether oxygens (including phenoxy) is 1. The molecule has 0 radical (unpaired) electrons. The Hall–Kier alpha value is -1.12. The summed E-state index contributed by atoms with van der Waals surface area (Å²) in [6, 6.07) is 8.64. The van der Waals surface area contributed by atoms with Gasteiger partial charge in [0.15, 0.2) is 7.29 Å². The van der Waals surface area contributed by atoms with Gasteiger partial charge in [0.1, 0.15) is 6.04 Å². The van der Waals surface area contributed by atoms with Crippen molar-refractivity contribution in [2.45, 2.75) is 39.4 Å². The predicted octanol–water partition coefficient (Wildman–Crippen LogP) is 2.54. The monoisotopic (exact) mass is 283 g/mol. The summed E-state index contributed by atoms with van der Waals surface area (Å²) in [4.78, 5) is 11.7. The van der Waals surface area contributed by atoms with Crippen LogP contribution in [0.1, 0.15) is 27.7 Å². The molecule has 0 aliphatic heterocycles. The highest BCUT2D eigenvalue weighted by Crippen LogP contribution is 2.45. The molecule has 0 aliphatic carbocycles. The fourth-order valence-electron chi connectivity index (χ4n) is 1.78. The van der Waals surface area contributed by atoms with Crippen molar-refractivity contribution in [3.63, 3.8) is 0 Å². The molecule has 0 spiro atoms. The second-order valence-corrected chi connectivity index (χ2v) is 7.81. The Labute approximate surface area is 115 Å². The maximum Gasteiger partial charge on any atom is 0.323 e. The second kappa shape index (κ2) is 6.88. The first-order chi connectivity index (χ1) is 8.91. The Bertz CT molecular complexity index is 459. The van der Waals surface area contributed by atoms with E-state index >= 15 is 0 Å². The molecule has 0 saturated carbocycles. The first-order valence-corrected chi connectivity index (χ1v) is 8.29. The minimum atomic E-state index is -2.83. The average molecular weight is 283 g/mol. The quantitative estimate of drug-likeness (QED) is 0.644. The molecule has 0 amide bonds. The molecular formula is C14H22NO3P. The fraction of sp³-hybridized carbons (Fsp3) is 0.500. The lowest BCUT2D eigenvalue weighted by Gasteiger charge is -2.26. The van der Waals surface area contributed by atoms with Crippen molar-refractivity contribution < 1.29 is 14.1 Å². The number of carbonyl (C=O) groups excluding carboxylic acids is 1. The Morgan fingerprint density at radius 3 is 2.32 bits per heavy atom. The molecule has 1 rings (SSSR count). The van der Waals surface area contributed by atoms with Crippen LogP contribution >= 0.6 is 7.29 Å². The number of rotatable bonds is 6. The van der Waals surface area contributed by atoms with Crippen LogP contribution in [-0.2, 0) is 14.1 Å². The van der Waals surface area contributed by atoms with E-state index < -0.39 is 13.3 Å². The van der Waals surface area contributed by atoms with Gasteiger partial charge in [0.05, 0.1) is 6.61 Å². The van der Waals surface area contributed by atoms with Gasteiger partial charge in [-0.1, -0.05) is 44.2 Å². The molecule has 106 valence electrons. The maximum absolute atomic E-state index is 13.1. The van der Waals surface area contributed by atoms with Crippen LogP contribution in [-0.4, -0.2) is 24.3 Å². The molecule has 19 heavy (non-hydrogen) atoms. The molecule has 5 heteroatoms. The molecule has 0 bridgehead atoms. The van der Waals surface area contributed by atoms with Crippen LogP contribution < -0.4 is 10.4 Å². The zero-order chi connectivity index (χ0) is 14.5. The molecule has 0 aromatic heterocycles. The Balaban J connectivity index is 2.96. The molecular weight excluding hydrogens is 261 g/mol. The van der Waals surface area contributed by atoms with Crippen LogP contribution in [0.4, 0.5) is 0 Å². The summed E-state index contributed by atoms with van der Waals surface area (Å²) in [7, 11) is -2.83. The number of nitrogens with one attached hydrogen (secondary N) is 1. The van der Waals surface area contributed by atoms with E-state index in [9.17, 15) is 9.36 Å². The first kappa shape index (κ1) is 15.9. The topological polar surface area (TPSA) is 55.4 Å². The summed E-state index contributed by atoms with van der Waals surface area (Å²) in [6.45, 7) is 7.53. The molecule has 2 atom stereocenters. The van der Waals surface area contributed by atoms with Crippen molar-refractivity contribution in [2.75, 3.05) is 6.61 Å². The third-order valence-electron chi connectivity index (χ3n) is 2.89. The van der Waals surface area contributed by atoms with Gasteiger partial charge in [0, 0.05) is 11.0 Å². The van der Waals surface area contributed by atoms with Crippen LogP contribution in [0.15, 0.2) is 30.3 Å². The fourth-order valence-corrected chi connectivity index (χ4v) is 4.12. The van der Waals surface area contributed by atoms with Gasteiger partial charge >= 0.3 is 5.97 Å². The molecule has 4 nitrogen and oxygen atoms in total. The van der Waals surface area contributed by atoms with Crippen molar-refractivity contribution in [3.8, 4) is 0 Å². The zero-order valence-corrected chi connectivity index (χ0v) is 12.8. The minimum absolute atomic E-state index is 0.0909. The molecule has 0 heterocycles. The second-order valence-electron chi connectivity index (χ2n) is 4.69. The van der Waals surface area contributed by atoms with E-state index in [-0.39, 0.29) is 11.6 Å². The van der Waals surface area contributed by atoms with Gasteiger partial charge in [-0.15, -0.1) is 0 Å². The Kier molecular flexibility index (Phi) is 5.77. The van der Waals surface area contributed by atoms with Gasteiger partial charge in [0.25, 0.3) is 0 Å². The standard InChI is InChI=1S/C14H22NO3P/c1-5-18-14(16)12(4)15-19(17,11(2)3)13-9-7-6-8-10-13/h6-12H,5H2,1-4H3,(H,15,17)/t12-,19?/m0/s1. The smallest absolute Gasteiger partial charge is 0.323 e. The molecule has 1 aromatic carbocycles. The summed E-state index contributed by atoms with van der Waals surface area (Å²) < 4.78 is 18.1. The van der Waals surface area contributed by atoms with Crippen LogP contribution in [0.25, 0.3) is 0 Å². The van der Waals surface area contributed by atoms with Gasteiger partial charge in [-0.2, -0.15) is 0 Å². The molecule has 0 aliphatic rings. The number of esters is 1. The van der Waals surface area contributed by atoms with Gasteiger partial charge in [-0.3, -0.25) is 4.79 Å². The number of carbonyl (C=O) groups is 1. The van der Waals surface area contributed by atoms with Gasteiger partial charge in [-0.25, -0.2) is 5.09 Å². The van der Waals surface area contributed by atoms with E-state index in [4.69, 9.17) is 4.74 Å². The highest BCUT2D eigenvalue weighted by molar-refractivity contribution is 7.70. The largest absolute Gasteiger partial charge is 0.465 e. The third-order valence-corrected chi connectivity index (χ3v) is 6.18. The minimum Gasteiger partial charge on any atom is -0.465 e. The molecule has 0 fully saturated rings. The highest BCUT2D eigenvalue weighted by Gasteiger charge is 2.32. The van der Waals surface area contributed by atoms with Crippen LogP contribution in [0.5, 0.6) is 0 Å². The normalized spacial score (nSPS) is 15.8. The van der Waals surface area contributed by atoms with Crippen molar-refractivity contribution >= 4 is 18.6 Å².